The summed E-state index contributed by atoms with van der Waals surface area (Å²) in [7, 11) is -2.92. The van der Waals surface area contributed by atoms with E-state index in [1.165, 1.54) is 0 Å². The maximum atomic E-state index is 12.8. The second kappa shape index (κ2) is 8.16. The van der Waals surface area contributed by atoms with Crippen LogP contribution in [0.3, 0.4) is 0 Å². The number of carbonyl (C=O) groups is 1. The lowest BCUT2D eigenvalue weighted by atomic mass is 10.1. The molecule has 2 heterocycles. The average Bonchev–Trinajstić information content (AvgIpc) is 3.27. The van der Waals surface area contributed by atoms with Crippen molar-refractivity contribution in [2.24, 2.45) is 0 Å². The first-order chi connectivity index (χ1) is 14.3. The molecule has 0 radical (unpaired) electrons. The number of benzene rings is 2. The lowest BCUT2D eigenvalue weighted by Gasteiger charge is -2.19. The number of fused-ring (bicyclic) bond motifs is 1. The number of nitrogens with zero attached hydrogens (tertiary/aromatic N) is 2. The SMILES string of the molecule is Cc1ccc2cc(C(=O)NCc3ccc(S(=N)(=O)N4CCCC4)cc3)c(C)nc2c1. The summed E-state index contributed by atoms with van der Waals surface area (Å²) in [4.78, 5) is 17.8. The van der Waals surface area contributed by atoms with Crippen LogP contribution in [0.2, 0.25) is 0 Å². The summed E-state index contributed by atoms with van der Waals surface area (Å²) in [6.45, 7) is 5.63. The van der Waals surface area contributed by atoms with Gasteiger partial charge in [0.2, 0.25) is 0 Å². The maximum absolute atomic E-state index is 12.8. The molecule has 0 aliphatic carbocycles. The Hall–Kier alpha value is -2.77. The van der Waals surface area contributed by atoms with Crippen LogP contribution in [-0.4, -0.2) is 32.5 Å². The van der Waals surface area contributed by atoms with E-state index in [2.05, 4.69) is 10.3 Å². The van der Waals surface area contributed by atoms with Crippen LogP contribution in [0.15, 0.2) is 53.4 Å². The third-order valence-corrected chi connectivity index (χ3v) is 7.54. The summed E-state index contributed by atoms with van der Waals surface area (Å²) in [5.41, 5.74) is 4.17. The zero-order chi connectivity index (χ0) is 21.3. The normalized spacial score (nSPS) is 16.5. The van der Waals surface area contributed by atoms with E-state index in [-0.39, 0.29) is 5.91 Å². The largest absolute Gasteiger partial charge is 0.348 e. The van der Waals surface area contributed by atoms with Gasteiger partial charge in [-0.2, -0.15) is 0 Å². The molecular weight excluding hydrogens is 396 g/mol. The predicted molar refractivity (Wildman–Crippen MR) is 119 cm³/mol. The summed E-state index contributed by atoms with van der Waals surface area (Å²) >= 11 is 0. The summed E-state index contributed by atoms with van der Waals surface area (Å²) in [5, 5.41) is 3.88. The summed E-state index contributed by atoms with van der Waals surface area (Å²) in [5.74, 6) is -0.173. The number of hydrogen-bond donors (Lipinski definition) is 2. The highest BCUT2D eigenvalue weighted by Gasteiger charge is 2.23. The standard InChI is InChI=1S/C23H26N4O2S/c1-16-5-8-19-14-21(17(2)26-22(19)13-16)23(28)25-15-18-6-9-20(10-7-18)30(24,29)27-11-3-4-12-27/h5-10,13-14,24H,3-4,11-12,15H2,1-2H3,(H,25,28). The van der Waals surface area contributed by atoms with Gasteiger partial charge in [-0.05, 0) is 62.1 Å². The smallest absolute Gasteiger partial charge is 0.253 e. The van der Waals surface area contributed by atoms with Crippen LogP contribution >= 0.6 is 0 Å². The van der Waals surface area contributed by atoms with Crippen LogP contribution in [0.4, 0.5) is 0 Å². The summed E-state index contributed by atoms with van der Waals surface area (Å²) < 4.78 is 22.9. The lowest BCUT2D eigenvalue weighted by molar-refractivity contribution is 0.0950. The van der Waals surface area contributed by atoms with Crippen molar-refractivity contribution >= 4 is 26.7 Å². The highest BCUT2D eigenvalue weighted by Crippen LogP contribution is 2.22. The number of pyridine rings is 1. The van der Waals surface area contributed by atoms with Gasteiger partial charge in [-0.15, -0.1) is 0 Å². The minimum Gasteiger partial charge on any atom is -0.348 e. The Morgan fingerprint density at radius 1 is 1.10 bits per heavy atom. The Kier molecular flexibility index (Phi) is 5.58. The molecule has 0 spiro atoms. The van der Waals surface area contributed by atoms with Gasteiger partial charge in [-0.3, -0.25) is 9.78 Å². The van der Waals surface area contributed by atoms with Crippen LogP contribution in [-0.2, 0) is 16.5 Å². The van der Waals surface area contributed by atoms with Gasteiger partial charge in [0.15, 0.2) is 0 Å². The molecule has 1 unspecified atom stereocenters. The fraction of sp³-hybridized carbons (Fsp3) is 0.304. The molecule has 2 N–H and O–H groups in total. The Morgan fingerprint density at radius 2 is 1.80 bits per heavy atom. The summed E-state index contributed by atoms with van der Waals surface area (Å²) in [6.07, 6.45) is 1.98. The Morgan fingerprint density at radius 3 is 2.50 bits per heavy atom. The molecule has 156 valence electrons. The van der Waals surface area contributed by atoms with Crippen LogP contribution in [0.1, 0.15) is 40.0 Å². The first kappa shape index (κ1) is 20.5. The average molecular weight is 423 g/mol. The fourth-order valence-corrected chi connectivity index (χ4v) is 5.34. The van der Waals surface area contributed by atoms with E-state index in [1.807, 2.05) is 50.2 Å². The van der Waals surface area contributed by atoms with E-state index in [4.69, 9.17) is 4.78 Å². The van der Waals surface area contributed by atoms with Crippen molar-refractivity contribution in [2.75, 3.05) is 13.1 Å². The zero-order valence-electron chi connectivity index (χ0n) is 17.3. The van der Waals surface area contributed by atoms with Crippen molar-refractivity contribution in [3.8, 4) is 0 Å². The third kappa shape index (κ3) is 4.08. The number of aromatic nitrogens is 1. The molecule has 3 aromatic rings. The number of hydrogen-bond acceptors (Lipinski definition) is 4. The minimum absolute atomic E-state index is 0.173. The van der Waals surface area contributed by atoms with Gasteiger partial charge in [0.05, 0.1) is 21.7 Å². The Bertz CT molecular complexity index is 1200. The van der Waals surface area contributed by atoms with Gasteiger partial charge in [-0.1, -0.05) is 24.3 Å². The van der Waals surface area contributed by atoms with Crippen molar-refractivity contribution in [1.29, 1.82) is 4.78 Å². The van der Waals surface area contributed by atoms with E-state index in [0.717, 1.165) is 34.9 Å². The topological polar surface area (TPSA) is 86.2 Å². The fourth-order valence-electron chi connectivity index (χ4n) is 3.77. The molecule has 1 fully saturated rings. The van der Waals surface area contributed by atoms with Crippen LogP contribution in [0.25, 0.3) is 10.9 Å². The van der Waals surface area contributed by atoms with E-state index >= 15 is 0 Å². The van der Waals surface area contributed by atoms with E-state index in [9.17, 15) is 9.00 Å². The van der Waals surface area contributed by atoms with Gasteiger partial charge in [-0.25, -0.2) is 13.3 Å². The Balaban J connectivity index is 1.46. The molecule has 1 aliphatic rings. The first-order valence-corrected chi connectivity index (χ1v) is 11.7. The second-order valence-electron chi connectivity index (χ2n) is 7.81. The molecule has 1 saturated heterocycles. The second-order valence-corrected chi connectivity index (χ2v) is 9.85. The molecule has 7 heteroatoms. The quantitative estimate of drug-likeness (QED) is 0.646. The molecular formula is C23H26N4O2S. The lowest BCUT2D eigenvalue weighted by Crippen LogP contribution is -2.27. The van der Waals surface area contributed by atoms with Crippen LogP contribution in [0, 0.1) is 18.6 Å². The molecule has 4 rings (SSSR count). The predicted octanol–water partition coefficient (Wildman–Crippen LogP) is 4.20. The van der Waals surface area contributed by atoms with E-state index < -0.39 is 9.92 Å². The number of aryl methyl sites for hydroxylation is 2. The van der Waals surface area contributed by atoms with Crippen molar-refractivity contribution < 1.29 is 9.00 Å². The van der Waals surface area contributed by atoms with Gasteiger partial charge in [0, 0.05) is 25.0 Å². The minimum atomic E-state index is -2.92. The number of rotatable bonds is 5. The molecule has 1 amide bonds. The van der Waals surface area contributed by atoms with Gasteiger partial charge < -0.3 is 5.32 Å². The Labute approximate surface area is 177 Å². The molecule has 30 heavy (non-hydrogen) atoms. The van der Waals surface area contributed by atoms with E-state index in [0.29, 0.717) is 35.8 Å². The number of carbonyl (C=O) groups excluding carboxylic acids is 1. The van der Waals surface area contributed by atoms with Gasteiger partial charge in [0.25, 0.3) is 5.91 Å². The molecule has 2 aromatic carbocycles. The molecule has 0 bridgehead atoms. The first-order valence-electron chi connectivity index (χ1n) is 10.1. The highest BCUT2D eigenvalue weighted by atomic mass is 32.2. The zero-order valence-corrected chi connectivity index (χ0v) is 18.1. The third-order valence-electron chi connectivity index (χ3n) is 5.53. The maximum Gasteiger partial charge on any atom is 0.253 e. The van der Waals surface area contributed by atoms with Crippen LogP contribution < -0.4 is 5.32 Å². The highest BCUT2D eigenvalue weighted by molar-refractivity contribution is 7.90. The molecule has 1 aromatic heterocycles. The van der Waals surface area contributed by atoms with Gasteiger partial charge in [0.1, 0.15) is 9.92 Å². The van der Waals surface area contributed by atoms with Crippen molar-refractivity contribution in [1.82, 2.24) is 14.6 Å². The molecule has 0 saturated carbocycles. The van der Waals surface area contributed by atoms with Crippen molar-refractivity contribution in [3.05, 3.63) is 70.9 Å². The van der Waals surface area contributed by atoms with E-state index in [1.54, 1.807) is 16.4 Å². The number of amides is 1. The summed E-state index contributed by atoms with van der Waals surface area (Å²) in [6, 6.07) is 15.0. The monoisotopic (exact) mass is 422 g/mol. The molecule has 6 nitrogen and oxygen atoms in total. The molecule has 1 atom stereocenters. The van der Waals surface area contributed by atoms with Crippen LogP contribution in [0.5, 0.6) is 0 Å². The van der Waals surface area contributed by atoms with Gasteiger partial charge >= 0.3 is 0 Å². The number of nitrogens with one attached hydrogen (secondary N) is 2. The van der Waals surface area contributed by atoms with Crippen molar-refractivity contribution in [3.63, 3.8) is 0 Å². The molecule has 1 aliphatic heterocycles. The van der Waals surface area contributed by atoms with Crippen molar-refractivity contribution in [2.45, 2.75) is 38.1 Å².